The van der Waals surface area contributed by atoms with E-state index in [1.54, 1.807) is 16.8 Å². The Labute approximate surface area is 123 Å². The van der Waals surface area contributed by atoms with Crippen molar-refractivity contribution in [1.82, 2.24) is 9.78 Å². The van der Waals surface area contributed by atoms with Crippen molar-refractivity contribution in [3.8, 4) is 5.69 Å². The molecule has 1 heterocycles. The van der Waals surface area contributed by atoms with Gasteiger partial charge in [0.1, 0.15) is 5.82 Å². The Kier molecular flexibility index (Phi) is 3.74. The average Bonchev–Trinajstić information content (AvgIpc) is 2.67. The lowest BCUT2D eigenvalue weighted by molar-refractivity contribution is -0.384. The van der Waals surface area contributed by atoms with Gasteiger partial charge in [-0.15, -0.1) is 0 Å². The molecule has 0 aliphatic heterocycles. The number of nitro benzene ring substituents is 1. The van der Waals surface area contributed by atoms with Crippen molar-refractivity contribution in [2.24, 2.45) is 0 Å². The van der Waals surface area contributed by atoms with E-state index in [0.29, 0.717) is 11.5 Å². The molecule has 100 valence electrons. The molecule has 0 fully saturated rings. The summed E-state index contributed by atoms with van der Waals surface area (Å²) in [5, 5.41) is 15.1. The maximum Gasteiger partial charge on any atom is 0.269 e. The van der Waals surface area contributed by atoms with E-state index in [2.05, 4.69) is 27.7 Å². The minimum absolute atomic E-state index is 0.0493. The number of nitrogen functional groups attached to an aromatic ring is 1. The summed E-state index contributed by atoms with van der Waals surface area (Å²) >= 11 is 2.17. The number of halogens is 1. The van der Waals surface area contributed by atoms with Crippen molar-refractivity contribution in [3.63, 3.8) is 0 Å². The normalized spacial score (nSPS) is 10.9. The van der Waals surface area contributed by atoms with Crippen molar-refractivity contribution in [2.75, 3.05) is 5.73 Å². The van der Waals surface area contributed by atoms with E-state index >= 15 is 0 Å². The van der Waals surface area contributed by atoms with E-state index in [1.807, 2.05) is 13.8 Å². The van der Waals surface area contributed by atoms with Gasteiger partial charge in [0.25, 0.3) is 5.69 Å². The molecule has 0 aliphatic carbocycles. The van der Waals surface area contributed by atoms with Crippen LogP contribution in [0.1, 0.15) is 25.5 Å². The monoisotopic (exact) mass is 372 g/mol. The van der Waals surface area contributed by atoms with Crippen LogP contribution in [0.5, 0.6) is 0 Å². The van der Waals surface area contributed by atoms with Gasteiger partial charge in [-0.3, -0.25) is 10.1 Å². The van der Waals surface area contributed by atoms with E-state index in [4.69, 9.17) is 5.73 Å². The van der Waals surface area contributed by atoms with Crippen LogP contribution in [0.3, 0.4) is 0 Å². The number of nitrogens with two attached hydrogens (primary N) is 1. The lowest BCUT2D eigenvalue weighted by atomic mass is 10.1. The third-order valence-electron chi connectivity index (χ3n) is 2.74. The highest BCUT2D eigenvalue weighted by molar-refractivity contribution is 14.1. The molecule has 0 saturated carbocycles. The number of nitro groups is 1. The number of hydrogen-bond donors (Lipinski definition) is 1. The average molecular weight is 372 g/mol. The fraction of sp³-hybridized carbons (Fsp3) is 0.250. The molecule has 0 spiro atoms. The quantitative estimate of drug-likeness (QED) is 0.510. The van der Waals surface area contributed by atoms with Gasteiger partial charge in [0.05, 0.1) is 19.9 Å². The lowest BCUT2D eigenvalue weighted by Crippen LogP contribution is -2.02. The Hall–Kier alpha value is -1.64. The second-order valence-corrected chi connectivity index (χ2v) is 5.50. The molecular formula is C12H13IN4O2. The molecule has 0 unspecified atom stereocenters. The first-order chi connectivity index (χ1) is 8.91. The molecule has 1 aromatic carbocycles. The van der Waals surface area contributed by atoms with Gasteiger partial charge in [-0.1, -0.05) is 13.8 Å². The Morgan fingerprint density at radius 1 is 1.37 bits per heavy atom. The van der Waals surface area contributed by atoms with Crippen LogP contribution >= 0.6 is 22.6 Å². The first-order valence-corrected chi connectivity index (χ1v) is 6.78. The van der Waals surface area contributed by atoms with E-state index in [1.165, 1.54) is 12.1 Å². The summed E-state index contributed by atoms with van der Waals surface area (Å²) in [6.07, 6.45) is 0. The SMILES string of the molecule is CC(C)c1nn(-c2ccc([N+](=O)[O-])cc2)c(N)c1I. The fourth-order valence-corrected chi connectivity index (χ4v) is 2.67. The second kappa shape index (κ2) is 5.16. The Balaban J connectivity index is 2.47. The van der Waals surface area contributed by atoms with E-state index in [0.717, 1.165) is 9.26 Å². The highest BCUT2D eigenvalue weighted by atomic mass is 127. The summed E-state index contributed by atoms with van der Waals surface area (Å²) in [6.45, 7) is 4.09. The van der Waals surface area contributed by atoms with Gasteiger partial charge in [0.15, 0.2) is 0 Å². The summed E-state index contributed by atoms with van der Waals surface area (Å²) in [7, 11) is 0. The molecule has 2 rings (SSSR count). The summed E-state index contributed by atoms with van der Waals surface area (Å²) in [6, 6.07) is 6.17. The summed E-state index contributed by atoms with van der Waals surface area (Å²) in [5.74, 6) is 0.826. The van der Waals surface area contributed by atoms with Crippen LogP contribution in [-0.4, -0.2) is 14.7 Å². The molecule has 2 aromatic rings. The van der Waals surface area contributed by atoms with Gasteiger partial charge in [0.2, 0.25) is 0 Å². The molecule has 6 nitrogen and oxygen atoms in total. The molecule has 1 aromatic heterocycles. The minimum Gasteiger partial charge on any atom is -0.383 e. The number of hydrogen-bond acceptors (Lipinski definition) is 4. The first-order valence-electron chi connectivity index (χ1n) is 5.70. The van der Waals surface area contributed by atoms with Gasteiger partial charge >= 0.3 is 0 Å². The maximum absolute atomic E-state index is 10.6. The minimum atomic E-state index is -0.431. The van der Waals surface area contributed by atoms with Gasteiger partial charge < -0.3 is 5.73 Å². The van der Waals surface area contributed by atoms with Gasteiger partial charge in [-0.05, 0) is 40.6 Å². The summed E-state index contributed by atoms with van der Waals surface area (Å²) in [5.41, 5.74) is 7.72. The molecule has 2 N–H and O–H groups in total. The molecule has 0 amide bonds. The predicted molar refractivity (Wildman–Crippen MR) is 81.4 cm³/mol. The van der Waals surface area contributed by atoms with Crippen LogP contribution in [0.2, 0.25) is 0 Å². The number of anilines is 1. The van der Waals surface area contributed by atoms with Crippen molar-refractivity contribution in [3.05, 3.63) is 43.6 Å². The largest absolute Gasteiger partial charge is 0.383 e. The standard InChI is InChI=1S/C12H13IN4O2/c1-7(2)11-10(13)12(14)16(15-11)8-3-5-9(6-4-8)17(18)19/h3-7H,14H2,1-2H3. The molecule has 0 atom stereocenters. The van der Waals surface area contributed by atoms with Gasteiger partial charge in [0, 0.05) is 12.1 Å². The smallest absolute Gasteiger partial charge is 0.269 e. The van der Waals surface area contributed by atoms with E-state index in [-0.39, 0.29) is 11.6 Å². The van der Waals surface area contributed by atoms with Crippen LogP contribution < -0.4 is 5.73 Å². The summed E-state index contributed by atoms with van der Waals surface area (Å²) in [4.78, 5) is 10.2. The zero-order valence-corrected chi connectivity index (χ0v) is 12.7. The third-order valence-corrected chi connectivity index (χ3v) is 3.84. The molecule has 7 heteroatoms. The van der Waals surface area contributed by atoms with Gasteiger partial charge in [-0.25, -0.2) is 4.68 Å². The second-order valence-electron chi connectivity index (χ2n) is 4.42. The zero-order valence-electron chi connectivity index (χ0n) is 10.5. The Morgan fingerprint density at radius 3 is 2.37 bits per heavy atom. The molecule has 0 saturated heterocycles. The van der Waals surface area contributed by atoms with Crippen LogP contribution in [0, 0.1) is 13.7 Å². The Bertz CT molecular complexity index is 619. The third kappa shape index (κ3) is 2.55. The fourth-order valence-electron chi connectivity index (χ4n) is 1.71. The first kappa shape index (κ1) is 13.8. The van der Waals surface area contributed by atoms with Crippen LogP contribution in [0.25, 0.3) is 5.69 Å². The Morgan fingerprint density at radius 2 is 1.95 bits per heavy atom. The maximum atomic E-state index is 10.6. The number of aromatic nitrogens is 2. The zero-order chi connectivity index (χ0) is 14.2. The van der Waals surface area contributed by atoms with E-state index in [9.17, 15) is 10.1 Å². The highest BCUT2D eigenvalue weighted by Gasteiger charge is 2.17. The predicted octanol–water partition coefficient (Wildman–Crippen LogP) is 3.09. The molecule has 0 aliphatic rings. The van der Waals surface area contributed by atoms with Crippen LogP contribution in [0.15, 0.2) is 24.3 Å². The van der Waals surface area contributed by atoms with Crippen molar-refractivity contribution < 1.29 is 4.92 Å². The molecule has 0 bridgehead atoms. The van der Waals surface area contributed by atoms with Crippen molar-refractivity contribution >= 4 is 34.1 Å². The topological polar surface area (TPSA) is 87.0 Å². The van der Waals surface area contributed by atoms with E-state index < -0.39 is 4.92 Å². The number of non-ortho nitro benzene ring substituents is 1. The van der Waals surface area contributed by atoms with Crippen LogP contribution in [-0.2, 0) is 0 Å². The van der Waals surface area contributed by atoms with Crippen molar-refractivity contribution in [1.29, 1.82) is 0 Å². The number of nitrogens with zero attached hydrogens (tertiary/aromatic N) is 3. The van der Waals surface area contributed by atoms with Crippen LogP contribution in [0.4, 0.5) is 11.5 Å². The molecular weight excluding hydrogens is 359 g/mol. The number of rotatable bonds is 3. The summed E-state index contributed by atoms with van der Waals surface area (Å²) < 4.78 is 2.53. The number of benzene rings is 1. The van der Waals surface area contributed by atoms with Crippen molar-refractivity contribution in [2.45, 2.75) is 19.8 Å². The highest BCUT2D eigenvalue weighted by Crippen LogP contribution is 2.28. The van der Waals surface area contributed by atoms with Gasteiger partial charge in [-0.2, -0.15) is 5.10 Å². The molecule has 19 heavy (non-hydrogen) atoms. The molecule has 0 radical (unpaired) electrons. The lowest BCUT2D eigenvalue weighted by Gasteiger charge is -2.03.